The van der Waals surface area contributed by atoms with Crippen LogP contribution in [0.15, 0.2) is 0 Å². The Bertz CT molecular complexity index is 360. The third-order valence-electron chi connectivity index (χ3n) is 3.74. The summed E-state index contributed by atoms with van der Waals surface area (Å²) in [5.74, 6) is -0.136. The summed E-state index contributed by atoms with van der Waals surface area (Å²) in [4.78, 5) is 25.5. The number of nitrogens with one attached hydrogen (secondary N) is 1. The van der Waals surface area contributed by atoms with E-state index in [4.69, 9.17) is 0 Å². The van der Waals surface area contributed by atoms with Gasteiger partial charge in [-0.25, -0.2) is 9.18 Å². The van der Waals surface area contributed by atoms with E-state index in [0.29, 0.717) is 6.42 Å². The van der Waals surface area contributed by atoms with Crippen molar-refractivity contribution in [2.75, 3.05) is 13.7 Å². The molecule has 1 aliphatic rings. The third kappa shape index (κ3) is 3.84. The zero-order valence-corrected chi connectivity index (χ0v) is 12.9. The molecule has 0 aliphatic carbocycles. The zero-order chi connectivity index (χ0) is 15.4. The number of alkyl carbamates (subject to hydrolysis) is 1. The van der Waals surface area contributed by atoms with E-state index in [1.165, 1.54) is 7.11 Å². The summed E-state index contributed by atoms with van der Waals surface area (Å²) in [5, 5.41) is 2.54. The molecule has 1 fully saturated rings. The quantitative estimate of drug-likeness (QED) is 0.860. The molecule has 116 valence electrons. The molecule has 1 N–H and O–H groups in total. The Labute approximate surface area is 119 Å². The normalized spacial score (nSPS) is 24.1. The molecular weight excluding hydrogens is 263 g/mol. The fraction of sp³-hybridized carbons (Fsp3) is 0.857. The van der Waals surface area contributed by atoms with Crippen LogP contribution in [0.25, 0.3) is 0 Å². The maximum absolute atomic E-state index is 13.6. The van der Waals surface area contributed by atoms with E-state index in [-0.39, 0.29) is 30.3 Å². The minimum atomic E-state index is -0.989. The van der Waals surface area contributed by atoms with Gasteiger partial charge >= 0.3 is 6.09 Å². The molecule has 0 aromatic carbocycles. The number of amides is 2. The first-order chi connectivity index (χ1) is 9.27. The SMILES string of the molecule is COC(=O)N[C@H](C(=O)N1C[C@H](F)CC1C(C)C)C(C)C. The molecule has 0 bridgehead atoms. The standard InChI is InChI=1S/C14H25FN2O3/c1-8(2)11-6-10(15)7-17(11)13(18)12(9(3)4)16-14(19)20-5/h8-12H,6-7H2,1-5H3,(H,16,19)/t10-,11?,12+/m1/s1. The van der Waals surface area contributed by atoms with Crippen LogP contribution < -0.4 is 5.32 Å². The first kappa shape index (κ1) is 16.7. The first-order valence-corrected chi connectivity index (χ1v) is 7.07. The highest BCUT2D eigenvalue weighted by molar-refractivity contribution is 5.86. The summed E-state index contributed by atoms with van der Waals surface area (Å²) < 4.78 is 18.2. The molecule has 2 amide bonds. The highest BCUT2D eigenvalue weighted by atomic mass is 19.1. The number of hydrogen-bond acceptors (Lipinski definition) is 3. The summed E-state index contributed by atoms with van der Waals surface area (Å²) >= 11 is 0. The van der Waals surface area contributed by atoms with Crippen LogP contribution in [0.1, 0.15) is 34.1 Å². The van der Waals surface area contributed by atoms with Gasteiger partial charge in [0, 0.05) is 12.5 Å². The van der Waals surface area contributed by atoms with Gasteiger partial charge in [-0.1, -0.05) is 27.7 Å². The second kappa shape index (κ2) is 6.90. The molecule has 0 spiro atoms. The fourth-order valence-electron chi connectivity index (χ4n) is 2.58. The molecule has 0 aromatic heterocycles. The van der Waals surface area contributed by atoms with Crippen molar-refractivity contribution in [2.45, 2.75) is 52.4 Å². The molecule has 1 aliphatic heterocycles. The number of likely N-dealkylation sites (tertiary alicyclic amines) is 1. The summed E-state index contributed by atoms with van der Waals surface area (Å²) in [6, 6.07) is -0.799. The van der Waals surface area contributed by atoms with Crippen molar-refractivity contribution in [1.29, 1.82) is 0 Å². The van der Waals surface area contributed by atoms with Crippen molar-refractivity contribution in [1.82, 2.24) is 10.2 Å². The minimum absolute atomic E-state index is 0.0897. The molecule has 1 rings (SSSR count). The molecule has 5 nitrogen and oxygen atoms in total. The smallest absolute Gasteiger partial charge is 0.407 e. The van der Waals surface area contributed by atoms with Crippen LogP contribution >= 0.6 is 0 Å². The highest BCUT2D eigenvalue weighted by Gasteiger charge is 2.40. The van der Waals surface area contributed by atoms with Crippen LogP contribution in [0.3, 0.4) is 0 Å². The summed E-state index contributed by atoms with van der Waals surface area (Å²) in [6.07, 6.45) is -1.27. The van der Waals surface area contributed by atoms with Crippen LogP contribution in [0.5, 0.6) is 0 Å². The lowest BCUT2D eigenvalue weighted by atomic mass is 9.98. The molecule has 20 heavy (non-hydrogen) atoms. The molecule has 6 heteroatoms. The zero-order valence-electron chi connectivity index (χ0n) is 12.9. The van der Waals surface area contributed by atoms with E-state index >= 15 is 0 Å². The van der Waals surface area contributed by atoms with E-state index in [2.05, 4.69) is 10.1 Å². The maximum Gasteiger partial charge on any atom is 0.407 e. The third-order valence-corrected chi connectivity index (χ3v) is 3.74. The number of ether oxygens (including phenoxy) is 1. The van der Waals surface area contributed by atoms with Crippen molar-refractivity contribution < 1.29 is 18.7 Å². The van der Waals surface area contributed by atoms with Gasteiger partial charge in [0.25, 0.3) is 0 Å². The maximum atomic E-state index is 13.6. The molecule has 0 radical (unpaired) electrons. The molecule has 3 atom stereocenters. The van der Waals surface area contributed by atoms with Gasteiger partial charge < -0.3 is 15.0 Å². The van der Waals surface area contributed by atoms with E-state index in [0.717, 1.165) is 0 Å². The second-order valence-electron chi connectivity index (χ2n) is 5.99. The van der Waals surface area contributed by atoms with Crippen molar-refractivity contribution >= 4 is 12.0 Å². The summed E-state index contributed by atoms with van der Waals surface area (Å²) in [6.45, 7) is 7.73. The van der Waals surface area contributed by atoms with E-state index < -0.39 is 18.3 Å². The van der Waals surface area contributed by atoms with Gasteiger partial charge in [-0.05, 0) is 11.8 Å². The van der Waals surface area contributed by atoms with Crippen molar-refractivity contribution in [2.24, 2.45) is 11.8 Å². The van der Waals surface area contributed by atoms with E-state index in [1.54, 1.807) is 4.90 Å². The number of methoxy groups -OCH3 is 1. The number of hydrogen-bond donors (Lipinski definition) is 1. The van der Waals surface area contributed by atoms with Gasteiger partial charge in [-0.3, -0.25) is 4.79 Å². The Morgan fingerprint density at radius 1 is 1.30 bits per heavy atom. The average Bonchev–Trinajstić information content (AvgIpc) is 2.76. The molecule has 1 heterocycles. The fourth-order valence-corrected chi connectivity index (χ4v) is 2.58. The Balaban J connectivity index is 2.85. The Kier molecular flexibility index (Phi) is 5.77. The van der Waals surface area contributed by atoms with Gasteiger partial charge in [-0.2, -0.15) is 0 Å². The lowest BCUT2D eigenvalue weighted by molar-refractivity contribution is -0.136. The van der Waals surface area contributed by atoms with Crippen LogP contribution in [0, 0.1) is 11.8 Å². The van der Waals surface area contributed by atoms with Crippen molar-refractivity contribution in [3.8, 4) is 0 Å². The number of carbonyl (C=O) groups excluding carboxylic acids is 2. The number of halogens is 1. The predicted octanol–water partition coefficient (Wildman–Crippen LogP) is 1.96. The van der Waals surface area contributed by atoms with E-state index in [9.17, 15) is 14.0 Å². The number of nitrogens with zero attached hydrogens (tertiary/aromatic N) is 1. The van der Waals surface area contributed by atoms with Crippen LogP contribution in [-0.2, 0) is 9.53 Å². The number of rotatable bonds is 4. The Morgan fingerprint density at radius 3 is 2.35 bits per heavy atom. The molecular formula is C14H25FN2O3. The second-order valence-corrected chi connectivity index (χ2v) is 5.99. The van der Waals surface area contributed by atoms with Crippen LogP contribution in [-0.4, -0.2) is 48.8 Å². The molecule has 0 saturated carbocycles. The van der Waals surface area contributed by atoms with Crippen LogP contribution in [0.2, 0.25) is 0 Å². The lowest BCUT2D eigenvalue weighted by Crippen LogP contribution is -2.53. The van der Waals surface area contributed by atoms with Gasteiger partial charge in [-0.15, -0.1) is 0 Å². The average molecular weight is 288 g/mol. The Hall–Kier alpha value is -1.33. The van der Waals surface area contributed by atoms with E-state index in [1.807, 2.05) is 27.7 Å². The monoisotopic (exact) mass is 288 g/mol. The van der Waals surface area contributed by atoms with Crippen LogP contribution in [0.4, 0.5) is 9.18 Å². The highest BCUT2D eigenvalue weighted by Crippen LogP contribution is 2.27. The molecule has 0 aromatic rings. The molecule has 1 unspecified atom stereocenters. The number of carbonyl (C=O) groups is 2. The minimum Gasteiger partial charge on any atom is -0.453 e. The van der Waals surface area contributed by atoms with Crippen molar-refractivity contribution in [3.05, 3.63) is 0 Å². The summed E-state index contributed by atoms with van der Waals surface area (Å²) in [7, 11) is 1.25. The largest absolute Gasteiger partial charge is 0.453 e. The van der Waals surface area contributed by atoms with Crippen molar-refractivity contribution in [3.63, 3.8) is 0 Å². The Morgan fingerprint density at radius 2 is 1.90 bits per heavy atom. The molecule has 1 saturated heterocycles. The predicted molar refractivity (Wildman–Crippen MR) is 74.0 cm³/mol. The van der Waals surface area contributed by atoms with Gasteiger partial charge in [0.15, 0.2) is 0 Å². The lowest BCUT2D eigenvalue weighted by Gasteiger charge is -2.32. The van der Waals surface area contributed by atoms with Gasteiger partial charge in [0.1, 0.15) is 12.2 Å². The van der Waals surface area contributed by atoms with Gasteiger partial charge in [0.05, 0.1) is 13.7 Å². The topological polar surface area (TPSA) is 58.6 Å². The number of alkyl halides is 1. The summed E-state index contributed by atoms with van der Waals surface area (Å²) in [5.41, 5.74) is 0. The first-order valence-electron chi connectivity index (χ1n) is 7.07. The van der Waals surface area contributed by atoms with Gasteiger partial charge in [0.2, 0.25) is 5.91 Å².